The minimum atomic E-state index is 0.288. The van der Waals surface area contributed by atoms with Gasteiger partial charge in [0.1, 0.15) is 11.9 Å². The molecule has 1 aliphatic rings. The largest absolute Gasteiger partial charge is 0.488 e. The fraction of sp³-hybridized carbons (Fsp3) is 0.333. The number of nitrogens with one attached hydrogen (secondary N) is 1. The Labute approximate surface area is 115 Å². The first-order valence-corrected chi connectivity index (χ1v) is 7.18. The number of piperidine rings is 1. The van der Waals surface area contributed by atoms with Crippen LogP contribution in [0.25, 0.3) is 10.8 Å². The van der Waals surface area contributed by atoms with Gasteiger partial charge in [-0.25, -0.2) is 0 Å². The zero-order valence-corrected chi connectivity index (χ0v) is 11.7. The van der Waals surface area contributed by atoms with Gasteiger partial charge in [-0.2, -0.15) is 0 Å². The summed E-state index contributed by atoms with van der Waals surface area (Å²) in [6.45, 7) is 2.05. The highest BCUT2D eigenvalue weighted by Crippen LogP contribution is 2.34. The number of ether oxygens (including phenoxy) is 1. The van der Waals surface area contributed by atoms with Crippen LogP contribution >= 0.6 is 15.9 Å². The third-order valence-electron chi connectivity index (χ3n) is 3.37. The molecule has 94 valence electrons. The maximum Gasteiger partial charge on any atom is 0.134 e. The highest BCUT2D eigenvalue weighted by atomic mass is 79.9. The van der Waals surface area contributed by atoms with Gasteiger partial charge >= 0.3 is 0 Å². The summed E-state index contributed by atoms with van der Waals surface area (Å²) in [6.07, 6.45) is 2.61. The van der Waals surface area contributed by atoms with E-state index in [4.69, 9.17) is 4.74 Å². The molecule has 18 heavy (non-hydrogen) atoms. The number of halogens is 1. The van der Waals surface area contributed by atoms with Crippen LogP contribution in [0.5, 0.6) is 5.75 Å². The molecule has 1 aliphatic heterocycles. The highest BCUT2D eigenvalue weighted by Gasteiger charge is 2.16. The molecule has 0 aromatic heterocycles. The third kappa shape index (κ3) is 2.38. The van der Waals surface area contributed by atoms with Crippen LogP contribution in [0.15, 0.2) is 40.9 Å². The molecule has 3 heteroatoms. The Bertz CT molecular complexity index is 549. The molecule has 0 bridgehead atoms. The van der Waals surface area contributed by atoms with Crippen molar-refractivity contribution in [3.8, 4) is 5.75 Å². The second-order valence-electron chi connectivity index (χ2n) is 4.69. The summed E-state index contributed by atoms with van der Waals surface area (Å²) >= 11 is 3.66. The topological polar surface area (TPSA) is 21.3 Å². The summed E-state index contributed by atoms with van der Waals surface area (Å²) in [5.74, 6) is 0.947. The van der Waals surface area contributed by atoms with Gasteiger partial charge in [-0.05, 0) is 52.2 Å². The molecule has 0 amide bonds. The molecule has 1 atom stereocenters. The van der Waals surface area contributed by atoms with Gasteiger partial charge in [0.2, 0.25) is 0 Å². The predicted molar refractivity (Wildman–Crippen MR) is 78.2 cm³/mol. The number of hydrogen-bond acceptors (Lipinski definition) is 2. The van der Waals surface area contributed by atoms with Crippen molar-refractivity contribution in [1.82, 2.24) is 5.32 Å². The molecular formula is C15H16BrNO. The lowest BCUT2D eigenvalue weighted by Crippen LogP contribution is -2.37. The fourth-order valence-electron chi connectivity index (χ4n) is 2.40. The summed E-state index contributed by atoms with van der Waals surface area (Å²) in [7, 11) is 0. The Morgan fingerprint density at radius 2 is 2.06 bits per heavy atom. The summed E-state index contributed by atoms with van der Waals surface area (Å²) in [6, 6.07) is 12.5. The van der Waals surface area contributed by atoms with Gasteiger partial charge in [-0.1, -0.05) is 30.3 Å². The van der Waals surface area contributed by atoms with Crippen molar-refractivity contribution < 1.29 is 4.74 Å². The van der Waals surface area contributed by atoms with Gasteiger partial charge in [-0.3, -0.25) is 0 Å². The molecule has 1 saturated heterocycles. The standard InChI is InChI=1S/C15H16BrNO/c16-15-13-6-2-1-4-11(13)7-8-14(15)18-12-5-3-9-17-10-12/h1-2,4,6-8,12,17H,3,5,9-10H2. The molecule has 1 unspecified atom stereocenters. The Morgan fingerprint density at radius 3 is 2.89 bits per heavy atom. The molecule has 0 saturated carbocycles. The van der Waals surface area contributed by atoms with E-state index in [0.29, 0.717) is 0 Å². The fourth-order valence-corrected chi connectivity index (χ4v) is 2.99. The highest BCUT2D eigenvalue weighted by molar-refractivity contribution is 9.10. The maximum absolute atomic E-state index is 6.08. The minimum Gasteiger partial charge on any atom is -0.488 e. The van der Waals surface area contributed by atoms with Gasteiger partial charge in [0.25, 0.3) is 0 Å². The Balaban J connectivity index is 1.89. The maximum atomic E-state index is 6.08. The van der Waals surface area contributed by atoms with Gasteiger partial charge in [0, 0.05) is 6.54 Å². The van der Waals surface area contributed by atoms with Gasteiger partial charge < -0.3 is 10.1 Å². The van der Waals surface area contributed by atoms with Gasteiger partial charge in [0.15, 0.2) is 0 Å². The van der Waals surface area contributed by atoms with Crippen LogP contribution in [0.3, 0.4) is 0 Å². The van der Waals surface area contributed by atoms with E-state index in [2.05, 4.69) is 57.6 Å². The van der Waals surface area contributed by atoms with Crippen LogP contribution in [0, 0.1) is 0 Å². The number of rotatable bonds is 2. The van der Waals surface area contributed by atoms with E-state index >= 15 is 0 Å². The second kappa shape index (κ2) is 5.29. The van der Waals surface area contributed by atoms with Crippen LogP contribution in [-0.4, -0.2) is 19.2 Å². The quantitative estimate of drug-likeness (QED) is 0.913. The number of benzene rings is 2. The van der Waals surface area contributed by atoms with Crippen molar-refractivity contribution >= 4 is 26.7 Å². The van der Waals surface area contributed by atoms with Crippen LogP contribution in [-0.2, 0) is 0 Å². The molecule has 2 aromatic rings. The average Bonchev–Trinajstić information content (AvgIpc) is 2.43. The molecule has 1 fully saturated rings. The van der Waals surface area contributed by atoms with Crippen molar-refractivity contribution in [2.75, 3.05) is 13.1 Å². The van der Waals surface area contributed by atoms with Gasteiger partial charge in [-0.15, -0.1) is 0 Å². The van der Waals surface area contributed by atoms with Crippen molar-refractivity contribution in [2.45, 2.75) is 18.9 Å². The minimum absolute atomic E-state index is 0.288. The molecule has 0 spiro atoms. The van der Waals surface area contributed by atoms with Crippen molar-refractivity contribution in [3.63, 3.8) is 0 Å². The first-order chi connectivity index (χ1) is 8.84. The Kier molecular flexibility index (Phi) is 3.52. The van der Waals surface area contributed by atoms with Crippen molar-refractivity contribution in [2.24, 2.45) is 0 Å². The normalized spacial score (nSPS) is 19.9. The molecular weight excluding hydrogens is 290 g/mol. The van der Waals surface area contributed by atoms with Crippen LogP contribution in [0.2, 0.25) is 0 Å². The van der Waals surface area contributed by atoms with Crippen LogP contribution < -0.4 is 10.1 Å². The first-order valence-electron chi connectivity index (χ1n) is 6.39. The van der Waals surface area contributed by atoms with E-state index < -0.39 is 0 Å². The van der Waals surface area contributed by atoms with E-state index in [0.717, 1.165) is 29.7 Å². The van der Waals surface area contributed by atoms with Crippen LogP contribution in [0.1, 0.15) is 12.8 Å². The molecule has 3 rings (SSSR count). The van der Waals surface area contributed by atoms with Crippen molar-refractivity contribution in [3.05, 3.63) is 40.9 Å². The number of fused-ring (bicyclic) bond motifs is 1. The molecule has 0 aliphatic carbocycles. The third-order valence-corrected chi connectivity index (χ3v) is 4.19. The summed E-state index contributed by atoms with van der Waals surface area (Å²) < 4.78 is 7.15. The predicted octanol–water partition coefficient (Wildman–Crippen LogP) is 3.73. The average molecular weight is 306 g/mol. The first kappa shape index (κ1) is 12.0. The van der Waals surface area contributed by atoms with E-state index in [1.165, 1.54) is 17.2 Å². The Hall–Kier alpha value is -1.06. The molecule has 1 N–H and O–H groups in total. The SMILES string of the molecule is Brc1c(OC2CCCNC2)ccc2ccccc12. The van der Waals surface area contributed by atoms with Crippen molar-refractivity contribution in [1.29, 1.82) is 0 Å². The smallest absolute Gasteiger partial charge is 0.134 e. The van der Waals surface area contributed by atoms with Crippen LogP contribution in [0.4, 0.5) is 0 Å². The van der Waals surface area contributed by atoms with Gasteiger partial charge in [0.05, 0.1) is 4.47 Å². The molecule has 0 radical (unpaired) electrons. The van der Waals surface area contributed by atoms with E-state index in [9.17, 15) is 0 Å². The van der Waals surface area contributed by atoms with E-state index in [1.54, 1.807) is 0 Å². The number of hydrogen-bond donors (Lipinski definition) is 1. The lowest BCUT2D eigenvalue weighted by molar-refractivity contribution is 0.166. The van der Waals surface area contributed by atoms with E-state index in [-0.39, 0.29) is 6.10 Å². The molecule has 1 heterocycles. The molecule has 2 nitrogen and oxygen atoms in total. The summed E-state index contributed by atoms with van der Waals surface area (Å²) in [5, 5.41) is 5.81. The lowest BCUT2D eigenvalue weighted by Gasteiger charge is -2.24. The zero-order valence-electron chi connectivity index (χ0n) is 10.2. The molecule has 2 aromatic carbocycles. The summed E-state index contributed by atoms with van der Waals surface area (Å²) in [4.78, 5) is 0. The lowest BCUT2D eigenvalue weighted by atomic mass is 10.1. The van der Waals surface area contributed by atoms with E-state index in [1.807, 2.05) is 0 Å². The zero-order chi connectivity index (χ0) is 12.4. The summed E-state index contributed by atoms with van der Waals surface area (Å²) in [5.41, 5.74) is 0. The Morgan fingerprint density at radius 1 is 1.17 bits per heavy atom. The second-order valence-corrected chi connectivity index (χ2v) is 5.48. The monoisotopic (exact) mass is 305 g/mol.